The zero-order chi connectivity index (χ0) is 15.3. The maximum Gasteiger partial charge on any atom is 0.317 e. The van der Waals surface area contributed by atoms with Crippen LogP contribution in [0.15, 0.2) is 24.3 Å². The fraction of sp³-hybridized carbons (Fsp3) is 0.562. The SMILES string of the molecule is Cc1ccccc1C(C)(C)CNC(=O)N(C)CC(C)O. The van der Waals surface area contributed by atoms with E-state index in [1.54, 1.807) is 14.0 Å². The van der Waals surface area contributed by atoms with Gasteiger partial charge in [-0.2, -0.15) is 0 Å². The van der Waals surface area contributed by atoms with Crippen LogP contribution >= 0.6 is 0 Å². The van der Waals surface area contributed by atoms with E-state index in [1.807, 2.05) is 12.1 Å². The van der Waals surface area contributed by atoms with Crippen LogP contribution in [-0.2, 0) is 5.41 Å². The van der Waals surface area contributed by atoms with Gasteiger partial charge in [-0.25, -0.2) is 4.79 Å². The van der Waals surface area contributed by atoms with Gasteiger partial charge in [0.2, 0.25) is 0 Å². The molecule has 0 spiro atoms. The van der Waals surface area contributed by atoms with Gasteiger partial charge in [-0.3, -0.25) is 0 Å². The molecule has 0 radical (unpaired) electrons. The van der Waals surface area contributed by atoms with Crippen molar-refractivity contribution in [2.75, 3.05) is 20.1 Å². The number of likely N-dealkylation sites (N-methyl/N-ethyl adjacent to an activating group) is 1. The molecule has 4 heteroatoms. The molecule has 1 atom stereocenters. The van der Waals surface area contributed by atoms with Crippen LogP contribution < -0.4 is 5.32 Å². The molecule has 0 saturated carbocycles. The number of nitrogens with one attached hydrogen (secondary N) is 1. The predicted octanol–water partition coefficient (Wildman–Crippen LogP) is 2.29. The van der Waals surface area contributed by atoms with Crippen molar-refractivity contribution in [2.24, 2.45) is 0 Å². The first-order valence-electron chi connectivity index (χ1n) is 6.97. The molecule has 4 nitrogen and oxygen atoms in total. The third-order valence-corrected chi connectivity index (χ3v) is 3.44. The van der Waals surface area contributed by atoms with Crippen molar-refractivity contribution in [1.82, 2.24) is 10.2 Å². The third-order valence-electron chi connectivity index (χ3n) is 3.44. The molecular formula is C16H26N2O2. The van der Waals surface area contributed by atoms with Gasteiger partial charge >= 0.3 is 6.03 Å². The molecule has 1 aromatic carbocycles. The Morgan fingerprint density at radius 1 is 1.40 bits per heavy atom. The Kier molecular flexibility index (Phi) is 5.57. The summed E-state index contributed by atoms with van der Waals surface area (Å²) in [7, 11) is 1.68. The van der Waals surface area contributed by atoms with Gasteiger partial charge in [0.15, 0.2) is 0 Å². The normalized spacial score (nSPS) is 12.9. The fourth-order valence-corrected chi connectivity index (χ4v) is 2.34. The summed E-state index contributed by atoms with van der Waals surface area (Å²) >= 11 is 0. The Morgan fingerprint density at radius 2 is 2.00 bits per heavy atom. The summed E-state index contributed by atoms with van der Waals surface area (Å²) in [6.07, 6.45) is -0.518. The molecule has 1 rings (SSSR count). The number of rotatable bonds is 5. The predicted molar refractivity (Wildman–Crippen MR) is 81.9 cm³/mol. The standard InChI is InChI=1S/C16H26N2O2/c1-12-8-6-7-9-14(12)16(3,4)11-17-15(20)18(5)10-13(2)19/h6-9,13,19H,10-11H2,1-5H3,(H,17,20). The molecule has 0 heterocycles. The maximum absolute atomic E-state index is 11.9. The molecule has 0 aliphatic rings. The maximum atomic E-state index is 11.9. The largest absolute Gasteiger partial charge is 0.392 e. The highest BCUT2D eigenvalue weighted by atomic mass is 16.3. The number of carbonyl (C=O) groups is 1. The lowest BCUT2D eigenvalue weighted by Gasteiger charge is -2.29. The van der Waals surface area contributed by atoms with Crippen LogP contribution in [0.5, 0.6) is 0 Å². The Hall–Kier alpha value is -1.55. The molecule has 20 heavy (non-hydrogen) atoms. The first kappa shape index (κ1) is 16.5. The second-order valence-corrected chi connectivity index (χ2v) is 6.09. The lowest BCUT2D eigenvalue weighted by Crippen LogP contribution is -2.45. The van der Waals surface area contributed by atoms with E-state index in [0.717, 1.165) is 0 Å². The van der Waals surface area contributed by atoms with E-state index < -0.39 is 6.10 Å². The van der Waals surface area contributed by atoms with Crippen LogP contribution in [-0.4, -0.2) is 42.3 Å². The molecule has 112 valence electrons. The van der Waals surface area contributed by atoms with Gasteiger partial charge in [-0.15, -0.1) is 0 Å². The molecule has 0 aromatic heterocycles. The van der Waals surface area contributed by atoms with Gasteiger partial charge in [0.25, 0.3) is 0 Å². The van der Waals surface area contributed by atoms with Gasteiger partial charge < -0.3 is 15.3 Å². The van der Waals surface area contributed by atoms with E-state index in [1.165, 1.54) is 16.0 Å². The lowest BCUT2D eigenvalue weighted by molar-refractivity contribution is 0.143. The first-order chi connectivity index (χ1) is 9.24. The highest BCUT2D eigenvalue weighted by Gasteiger charge is 2.23. The minimum atomic E-state index is -0.518. The van der Waals surface area contributed by atoms with Gasteiger partial charge in [0, 0.05) is 25.6 Å². The lowest BCUT2D eigenvalue weighted by atomic mass is 9.82. The number of carbonyl (C=O) groups excluding carboxylic acids is 1. The van der Waals surface area contributed by atoms with Crippen molar-refractivity contribution < 1.29 is 9.90 Å². The number of hydrogen-bond donors (Lipinski definition) is 2. The Labute approximate surface area is 121 Å². The number of aryl methyl sites for hydroxylation is 1. The van der Waals surface area contributed by atoms with E-state index in [2.05, 4.69) is 38.2 Å². The van der Waals surface area contributed by atoms with Gasteiger partial charge in [0.1, 0.15) is 0 Å². The molecule has 2 amide bonds. The molecular weight excluding hydrogens is 252 g/mol. The van der Waals surface area contributed by atoms with Crippen molar-refractivity contribution in [2.45, 2.75) is 39.2 Å². The average molecular weight is 278 g/mol. The molecule has 0 aliphatic carbocycles. The minimum Gasteiger partial charge on any atom is -0.392 e. The van der Waals surface area contributed by atoms with E-state index in [4.69, 9.17) is 0 Å². The van der Waals surface area contributed by atoms with Crippen LogP contribution in [0, 0.1) is 6.92 Å². The summed E-state index contributed by atoms with van der Waals surface area (Å²) in [5.41, 5.74) is 2.33. The Morgan fingerprint density at radius 3 is 2.55 bits per heavy atom. The van der Waals surface area contributed by atoms with Crippen LogP contribution in [0.2, 0.25) is 0 Å². The third kappa shape index (κ3) is 4.53. The van der Waals surface area contributed by atoms with Crippen LogP contribution in [0.3, 0.4) is 0 Å². The Bertz CT molecular complexity index is 456. The van der Waals surface area contributed by atoms with Crippen LogP contribution in [0.4, 0.5) is 4.79 Å². The smallest absolute Gasteiger partial charge is 0.317 e. The van der Waals surface area contributed by atoms with Crippen LogP contribution in [0.25, 0.3) is 0 Å². The number of aliphatic hydroxyl groups excluding tert-OH is 1. The minimum absolute atomic E-state index is 0.132. The molecule has 1 unspecified atom stereocenters. The molecule has 0 aliphatic heterocycles. The van der Waals surface area contributed by atoms with Gasteiger partial charge in [0.05, 0.1) is 6.10 Å². The van der Waals surface area contributed by atoms with Crippen molar-refractivity contribution in [1.29, 1.82) is 0 Å². The molecule has 0 saturated heterocycles. The molecule has 0 bridgehead atoms. The zero-order valence-electron chi connectivity index (χ0n) is 13.1. The summed E-state index contributed by atoms with van der Waals surface area (Å²) in [4.78, 5) is 13.4. The van der Waals surface area contributed by atoms with Gasteiger partial charge in [-0.05, 0) is 25.0 Å². The summed E-state index contributed by atoms with van der Waals surface area (Å²) in [5.74, 6) is 0. The first-order valence-corrected chi connectivity index (χ1v) is 6.97. The van der Waals surface area contributed by atoms with Crippen molar-refractivity contribution in [3.05, 3.63) is 35.4 Å². The Balaban J connectivity index is 2.64. The summed E-state index contributed by atoms with van der Waals surface area (Å²) < 4.78 is 0. The van der Waals surface area contributed by atoms with E-state index >= 15 is 0 Å². The number of urea groups is 1. The summed E-state index contributed by atoms with van der Waals surface area (Å²) in [6, 6.07) is 8.06. The fourth-order valence-electron chi connectivity index (χ4n) is 2.34. The molecule has 1 aromatic rings. The number of hydrogen-bond acceptors (Lipinski definition) is 2. The van der Waals surface area contributed by atoms with E-state index in [-0.39, 0.29) is 11.4 Å². The zero-order valence-corrected chi connectivity index (χ0v) is 13.1. The van der Waals surface area contributed by atoms with Crippen molar-refractivity contribution >= 4 is 6.03 Å². The summed E-state index contributed by atoms with van der Waals surface area (Å²) in [6.45, 7) is 8.87. The highest BCUT2D eigenvalue weighted by molar-refractivity contribution is 5.74. The topological polar surface area (TPSA) is 52.6 Å². The van der Waals surface area contributed by atoms with Crippen molar-refractivity contribution in [3.63, 3.8) is 0 Å². The molecule has 0 fully saturated rings. The van der Waals surface area contributed by atoms with E-state index in [0.29, 0.717) is 13.1 Å². The van der Waals surface area contributed by atoms with E-state index in [9.17, 15) is 9.90 Å². The number of aliphatic hydroxyl groups is 1. The average Bonchev–Trinajstić information content (AvgIpc) is 2.35. The van der Waals surface area contributed by atoms with Crippen molar-refractivity contribution in [3.8, 4) is 0 Å². The second kappa shape index (κ2) is 6.75. The monoisotopic (exact) mass is 278 g/mol. The summed E-state index contributed by atoms with van der Waals surface area (Å²) in [5, 5.41) is 12.2. The van der Waals surface area contributed by atoms with Crippen LogP contribution in [0.1, 0.15) is 31.9 Å². The molecule has 2 N–H and O–H groups in total. The highest BCUT2D eigenvalue weighted by Crippen LogP contribution is 2.25. The van der Waals surface area contributed by atoms with Gasteiger partial charge in [-0.1, -0.05) is 38.1 Å². The quantitative estimate of drug-likeness (QED) is 0.868. The number of nitrogens with zero attached hydrogens (tertiary/aromatic N) is 1. The second-order valence-electron chi connectivity index (χ2n) is 6.09. The number of amides is 2. The number of benzene rings is 1.